The fraction of sp³-hybridized carbons (Fsp3) is 0. The summed E-state index contributed by atoms with van der Waals surface area (Å²) in [6.45, 7) is 0. The van der Waals surface area contributed by atoms with E-state index in [1.54, 1.807) is 0 Å². The van der Waals surface area contributed by atoms with E-state index >= 15 is 0 Å². The number of hydrogen-bond acceptors (Lipinski definition) is 1. The molecule has 8 aromatic carbocycles. The third-order valence-electron chi connectivity index (χ3n) is 8.63. The summed E-state index contributed by atoms with van der Waals surface area (Å²) in [4.78, 5) is 0. The average Bonchev–Trinajstić information content (AvgIpc) is 3.04. The third-order valence-corrected chi connectivity index (χ3v) is 8.63. The first-order valence-corrected chi connectivity index (χ1v) is 14.1. The molecule has 1 aliphatic heterocycles. The molecule has 0 amide bonds. The molecule has 190 valence electrons. The zero-order valence-electron chi connectivity index (χ0n) is 22.3. The minimum Gasteiger partial charge on any atom is -0.456 e. The minimum atomic E-state index is 0.904. The Hall–Kier alpha value is -5.40. The Morgan fingerprint density at radius 3 is 2.00 bits per heavy atom. The molecule has 1 heteroatoms. The number of rotatable bonds is 2. The van der Waals surface area contributed by atoms with E-state index in [1.165, 1.54) is 70.9 Å². The highest BCUT2D eigenvalue weighted by Gasteiger charge is 2.21. The molecule has 1 nitrogen and oxygen atoms in total. The van der Waals surface area contributed by atoms with Crippen molar-refractivity contribution in [2.75, 3.05) is 0 Å². The number of fused-ring (bicyclic) bond motifs is 6. The maximum atomic E-state index is 6.41. The first-order chi connectivity index (χ1) is 20.3. The molecule has 8 aromatic rings. The monoisotopic (exact) mass is 520 g/mol. The van der Waals surface area contributed by atoms with Gasteiger partial charge in [0.2, 0.25) is 0 Å². The average molecular weight is 521 g/mol. The second kappa shape index (κ2) is 8.55. The van der Waals surface area contributed by atoms with Gasteiger partial charge in [0, 0.05) is 10.9 Å². The fourth-order valence-electron chi connectivity index (χ4n) is 6.80. The second-order valence-corrected chi connectivity index (χ2v) is 10.9. The van der Waals surface area contributed by atoms with Gasteiger partial charge in [0.05, 0.1) is 0 Å². The van der Waals surface area contributed by atoms with Crippen LogP contribution in [-0.4, -0.2) is 0 Å². The van der Waals surface area contributed by atoms with Gasteiger partial charge in [-0.3, -0.25) is 0 Å². The van der Waals surface area contributed by atoms with E-state index in [0.29, 0.717) is 0 Å². The molecule has 1 heterocycles. The van der Waals surface area contributed by atoms with Crippen molar-refractivity contribution in [2.45, 2.75) is 0 Å². The van der Waals surface area contributed by atoms with Gasteiger partial charge in [-0.25, -0.2) is 0 Å². The van der Waals surface area contributed by atoms with Crippen LogP contribution in [0.2, 0.25) is 0 Å². The molecule has 0 fully saturated rings. The van der Waals surface area contributed by atoms with E-state index in [9.17, 15) is 0 Å². The Kier molecular flexibility index (Phi) is 4.67. The predicted molar refractivity (Wildman–Crippen MR) is 173 cm³/mol. The summed E-state index contributed by atoms with van der Waals surface area (Å²) in [5, 5.41) is 10.00. The van der Waals surface area contributed by atoms with E-state index in [0.717, 1.165) is 17.1 Å². The number of hydrogen-bond donors (Lipinski definition) is 0. The Morgan fingerprint density at radius 2 is 1.07 bits per heavy atom. The molecule has 0 aliphatic carbocycles. The van der Waals surface area contributed by atoms with Gasteiger partial charge >= 0.3 is 0 Å². The number of benzene rings is 8. The van der Waals surface area contributed by atoms with Crippen LogP contribution >= 0.6 is 0 Å². The van der Waals surface area contributed by atoms with E-state index < -0.39 is 0 Å². The van der Waals surface area contributed by atoms with Gasteiger partial charge in [0.15, 0.2) is 0 Å². The van der Waals surface area contributed by atoms with E-state index in [-0.39, 0.29) is 0 Å². The molecule has 0 radical (unpaired) electrons. The summed E-state index contributed by atoms with van der Waals surface area (Å²) in [6.07, 6.45) is 0. The van der Waals surface area contributed by atoms with Crippen LogP contribution in [0.15, 0.2) is 146 Å². The first kappa shape index (κ1) is 22.4. The Balaban J connectivity index is 1.36. The van der Waals surface area contributed by atoms with Gasteiger partial charge in [-0.05, 0) is 89.8 Å². The SMILES string of the molecule is c1ccc(-c2c3cccc(-c4ccc5c(c4)-c4cccc6cccc(c46)O5)c3cc3c2ccc2ccccc23)cc1. The van der Waals surface area contributed by atoms with E-state index in [1.807, 2.05) is 0 Å². The summed E-state index contributed by atoms with van der Waals surface area (Å²) in [5.41, 5.74) is 7.29. The Labute approximate surface area is 237 Å². The van der Waals surface area contributed by atoms with Crippen LogP contribution in [0.4, 0.5) is 0 Å². The zero-order chi connectivity index (χ0) is 26.9. The lowest BCUT2D eigenvalue weighted by atomic mass is 9.86. The summed E-state index contributed by atoms with van der Waals surface area (Å²) >= 11 is 0. The van der Waals surface area contributed by atoms with Crippen molar-refractivity contribution in [3.05, 3.63) is 146 Å². The highest BCUT2D eigenvalue weighted by atomic mass is 16.5. The van der Waals surface area contributed by atoms with Crippen LogP contribution in [0.1, 0.15) is 0 Å². The molecule has 41 heavy (non-hydrogen) atoms. The molecule has 0 atom stereocenters. The van der Waals surface area contributed by atoms with E-state index in [4.69, 9.17) is 4.74 Å². The van der Waals surface area contributed by atoms with Crippen LogP contribution in [0, 0.1) is 0 Å². The maximum Gasteiger partial charge on any atom is 0.135 e. The van der Waals surface area contributed by atoms with Crippen molar-refractivity contribution >= 4 is 43.1 Å². The topological polar surface area (TPSA) is 9.23 Å². The molecule has 0 spiro atoms. The fourth-order valence-corrected chi connectivity index (χ4v) is 6.80. The van der Waals surface area contributed by atoms with Crippen LogP contribution in [0.25, 0.3) is 76.5 Å². The maximum absolute atomic E-state index is 6.41. The van der Waals surface area contributed by atoms with Crippen LogP contribution in [0.5, 0.6) is 11.5 Å². The molecule has 9 rings (SSSR count). The van der Waals surface area contributed by atoms with Gasteiger partial charge < -0.3 is 4.74 Å². The van der Waals surface area contributed by atoms with Gasteiger partial charge in [0.25, 0.3) is 0 Å². The molecule has 0 N–H and O–H groups in total. The summed E-state index contributed by atoms with van der Waals surface area (Å²) in [6, 6.07) is 52.6. The van der Waals surface area contributed by atoms with Gasteiger partial charge in [0.1, 0.15) is 11.5 Å². The molecular formula is C40H24O. The lowest BCUT2D eigenvalue weighted by Crippen LogP contribution is -1.97. The van der Waals surface area contributed by atoms with Crippen molar-refractivity contribution in [3.8, 4) is 44.9 Å². The van der Waals surface area contributed by atoms with Crippen molar-refractivity contribution in [2.24, 2.45) is 0 Å². The Morgan fingerprint density at radius 1 is 0.341 bits per heavy atom. The van der Waals surface area contributed by atoms with Crippen LogP contribution in [-0.2, 0) is 0 Å². The lowest BCUT2D eigenvalue weighted by molar-refractivity contribution is 0.487. The molecule has 0 unspecified atom stereocenters. The van der Waals surface area contributed by atoms with Crippen LogP contribution in [0.3, 0.4) is 0 Å². The van der Waals surface area contributed by atoms with Crippen molar-refractivity contribution in [3.63, 3.8) is 0 Å². The molecule has 1 aliphatic rings. The Bertz CT molecular complexity index is 2320. The van der Waals surface area contributed by atoms with Crippen molar-refractivity contribution in [1.82, 2.24) is 0 Å². The van der Waals surface area contributed by atoms with Crippen molar-refractivity contribution < 1.29 is 4.74 Å². The highest BCUT2D eigenvalue weighted by molar-refractivity contribution is 6.22. The normalized spacial score (nSPS) is 12.1. The summed E-state index contributed by atoms with van der Waals surface area (Å²) in [5.74, 6) is 1.83. The van der Waals surface area contributed by atoms with Crippen LogP contribution < -0.4 is 4.74 Å². The van der Waals surface area contributed by atoms with E-state index in [2.05, 4.69) is 146 Å². The number of ether oxygens (including phenoxy) is 1. The quantitative estimate of drug-likeness (QED) is 0.163. The summed E-state index contributed by atoms with van der Waals surface area (Å²) in [7, 11) is 0. The first-order valence-electron chi connectivity index (χ1n) is 14.1. The largest absolute Gasteiger partial charge is 0.456 e. The summed E-state index contributed by atoms with van der Waals surface area (Å²) < 4.78 is 6.41. The zero-order valence-corrected chi connectivity index (χ0v) is 22.3. The molecular weight excluding hydrogens is 496 g/mol. The molecule has 0 saturated heterocycles. The molecule has 0 saturated carbocycles. The standard InChI is InChI=1S/C40H24O/c1-2-10-26(11-3-1)39-31-17-8-15-30(35(31)24-34-29-14-5-4-9-25(29)19-21-33(34)39)28-20-22-37-36(23-28)32-16-6-12-27-13-7-18-38(41-37)40(27)32/h1-24H. The second-order valence-electron chi connectivity index (χ2n) is 10.9. The molecule has 0 bridgehead atoms. The van der Waals surface area contributed by atoms with Gasteiger partial charge in [-0.15, -0.1) is 0 Å². The van der Waals surface area contributed by atoms with Gasteiger partial charge in [-0.1, -0.05) is 121 Å². The minimum absolute atomic E-state index is 0.904. The van der Waals surface area contributed by atoms with Gasteiger partial charge in [-0.2, -0.15) is 0 Å². The third kappa shape index (κ3) is 3.30. The smallest absolute Gasteiger partial charge is 0.135 e. The highest BCUT2D eigenvalue weighted by Crippen LogP contribution is 2.48. The molecule has 0 aromatic heterocycles. The lowest BCUT2D eigenvalue weighted by Gasteiger charge is -2.22. The van der Waals surface area contributed by atoms with Crippen molar-refractivity contribution in [1.29, 1.82) is 0 Å². The predicted octanol–water partition coefficient (Wildman–Crippen LogP) is 11.4.